The van der Waals surface area contributed by atoms with Gasteiger partial charge < -0.3 is 9.88 Å². The summed E-state index contributed by atoms with van der Waals surface area (Å²) < 4.78 is 2.36. The summed E-state index contributed by atoms with van der Waals surface area (Å²) in [7, 11) is 0. The van der Waals surface area contributed by atoms with Crippen molar-refractivity contribution in [2.24, 2.45) is 4.99 Å². The highest BCUT2D eigenvalue weighted by Crippen LogP contribution is 2.41. The van der Waals surface area contributed by atoms with Gasteiger partial charge in [-0.1, -0.05) is 164 Å². The number of aromatic nitrogens is 2. The molecule has 1 aliphatic rings. The third kappa shape index (κ3) is 5.70. The first-order valence-electron chi connectivity index (χ1n) is 19.4. The average Bonchev–Trinajstić information content (AvgIpc) is 3.63. The van der Waals surface area contributed by atoms with Gasteiger partial charge in [0.1, 0.15) is 6.17 Å². The molecule has 0 radical (unpaired) electrons. The highest BCUT2D eigenvalue weighted by atomic mass is 15.1. The van der Waals surface area contributed by atoms with E-state index in [0.29, 0.717) is 0 Å². The van der Waals surface area contributed by atoms with Gasteiger partial charge in [-0.15, -0.1) is 0 Å². The number of nitrogens with zero attached hydrogens (tertiary/aromatic N) is 3. The number of aliphatic imine (C=N–C) groups is 1. The van der Waals surface area contributed by atoms with Crippen LogP contribution in [0.1, 0.15) is 22.9 Å². The number of allylic oxidation sites excluding steroid dienone is 1. The van der Waals surface area contributed by atoms with Crippen LogP contribution in [0.4, 0.5) is 0 Å². The predicted octanol–water partition coefficient (Wildman–Crippen LogP) is 13.0. The Kier molecular flexibility index (Phi) is 7.85. The van der Waals surface area contributed by atoms with Crippen LogP contribution in [0.5, 0.6) is 0 Å². The second-order valence-electron chi connectivity index (χ2n) is 14.6. The molecule has 0 amide bonds. The number of fused-ring (bicyclic) bond motifs is 6. The number of nitrogens with one attached hydrogen (secondary N) is 1. The van der Waals surface area contributed by atoms with Crippen LogP contribution < -0.4 is 5.32 Å². The van der Waals surface area contributed by atoms with Crippen LogP contribution in [0.3, 0.4) is 0 Å². The molecule has 0 saturated heterocycles. The molecule has 3 heterocycles. The summed E-state index contributed by atoms with van der Waals surface area (Å²) in [5.41, 5.74) is 13.9. The van der Waals surface area contributed by atoms with E-state index < -0.39 is 6.17 Å². The molecule has 1 unspecified atom stereocenters. The highest BCUT2D eigenvalue weighted by Gasteiger charge is 2.25. The van der Waals surface area contributed by atoms with Crippen molar-refractivity contribution in [1.29, 1.82) is 0 Å². The van der Waals surface area contributed by atoms with E-state index in [4.69, 9.17) is 9.98 Å². The summed E-state index contributed by atoms with van der Waals surface area (Å²) in [5, 5.41) is 9.85. The average molecular weight is 729 g/mol. The van der Waals surface area contributed by atoms with Crippen molar-refractivity contribution < 1.29 is 0 Å². The van der Waals surface area contributed by atoms with Gasteiger partial charge in [-0.05, 0) is 75.5 Å². The fourth-order valence-electron chi connectivity index (χ4n) is 8.53. The van der Waals surface area contributed by atoms with E-state index in [-0.39, 0.29) is 0 Å². The molecule has 0 aliphatic carbocycles. The quantitative estimate of drug-likeness (QED) is 0.173. The van der Waals surface area contributed by atoms with Crippen LogP contribution in [-0.4, -0.2) is 15.3 Å². The van der Waals surface area contributed by atoms with Crippen molar-refractivity contribution in [3.8, 4) is 28.1 Å². The van der Waals surface area contributed by atoms with Gasteiger partial charge in [0, 0.05) is 38.7 Å². The van der Waals surface area contributed by atoms with E-state index in [2.05, 4.69) is 216 Å². The molecule has 268 valence electrons. The molecule has 0 bridgehead atoms. The van der Waals surface area contributed by atoms with Crippen LogP contribution >= 0.6 is 0 Å². The predicted molar refractivity (Wildman–Crippen MR) is 238 cm³/mol. The lowest BCUT2D eigenvalue weighted by atomic mass is 9.91. The fraction of sp³-hybridized carbons (Fsp3) is 0.0189. The normalized spacial score (nSPS) is 14.1. The summed E-state index contributed by atoms with van der Waals surface area (Å²) >= 11 is 0. The Morgan fingerprint density at radius 2 is 1.04 bits per heavy atom. The monoisotopic (exact) mass is 728 g/mol. The number of para-hydroxylation sites is 2. The minimum Gasteiger partial charge on any atom is -0.359 e. The number of hydrogen-bond donors (Lipinski definition) is 1. The molecule has 0 spiro atoms. The van der Waals surface area contributed by atoms with Crippen molar-refractivity contribution in [2.45, 2.75) is 6.17 Å². The summed E-state index contributed by atoms with van der Waals surface area (Å²) in [6.45, 7) is 0. The summed E-state index contributed by atoms with van der Waals surface area (Å²) in [4.78, 5) is 11.0. The molecular weight excluding hydrogens is 693 g/mol. The molecule has 1 N–H and O–H groups in total. The van der Waals surface area contributed by atoms with Gasteiger partial charge in [-0.2, -0.15) is 0 Å². The van der Waals surface area contributed by atoms with Crippen LogP contribution in [0.2, 0.25) is 0 Å². The number of hydrogen-bond acceptors (Lipinski definition) is 3. The summed E-state index contributed by atoms with van der Waals surface area (Å²) in [5.74, 6) is 0. The zero-order valence-corrected chi connectivity index (χ0v) is 31.0. The second-order valence-corrected chi connectivity index (χ2v) is 14.6. The van der Waals surface area contributed by atoms with Gasteiger partial charge in [0.05, 0.1) is 28.0 Å². The van der Waals surface area contributed by atoms with Crippen molar-refractivity contribution in [3.63, 3.8) is 0 Å². The van der Waals surface area contributed by atoms with E-state index in [1.807, 2.05) is 0 Å². The zero-order chi connectivity index (χ0) is 37.7. The smallest absolute Gasteiger partial charge is 0.147 e. The maximum Gasteiger partial charge on any atom is 0.147 e. The number of rotatable bonds is 6. The van der Waals surface area contributed by atoms with E-state index in [1.54, 1.807) is 0 Å². The van der Waals surface area contributed by atoms with Gasteiger partial charge in [0.2, 0.25) is 0 Å². The SMILES string of the molecule is C1=C(c2ccc(-n3c4ccccc4c4ccccc43)cc2)NC(c2cc3ccccc3c3c(-c4ccccc4)cc(-c4ccccc4)nc23)N=C1c1ccccc1. The van der Waals surface area contributed by atoms with Crippen LogP contribution in [0, 0.1) is 0 Å². The van der Waals surface area contributed by atoms with Crippen molar-refractivity contribution in [3.05, 3.63) is 223 Å². The first-order valence-corrected chi connectivity index (χ1v) is 19.4. The Morgan fingerprint density at radius 1 is 0.474 bits per heavy atom. The topological polar surface area (TPSA) is 42.2 Å². The Labute approximate surface area is 330 Å². The molecule has 4 heteroatoms. The lowest BCUT2D eigenvalue weighted by molar-refractivity contribution is 0.668. The Bertz CT molecular complexity index is 3130. The first kappa shape index (κ1) is 32.8. The maximum atomic E-state index is 5.51. The molecule has 4 nitrogen and oxygen atoms in total. The third-order valence-electron chi connectivity index (χ3n) is 11.2. The van der Waals surface area contributed by atoms with Crippen molar-refractivity contribution in [1.82, 2.24) is 14.9 Å². The van der Waals surface area contributed by atoms with Crippen molar-refractivity contribution >= 4 is 54.9 Å². The third-order valence-corrected chi connectivity index (χ3v) is 11.2. The lowest BCUT2D eigenvalue weighted by Crippen LogP contribution is -2.25. The van der Waals surface area contributed by atoms with Crippen LogP contribution in [0.25, 0.3) is 77.2 Å². The standard InChI is InChI=1S/C53H36N4/c1-4-16-35(17-5-1)44-33-46(36-18-6-2-7-19-36)54-52-45(32-39-22-10-11-23-41(39)51(44)52)53-55-47(37-20-8-3-9-21-37)34-48(56-53)38-28-30-40(31-29-38)57-49-26-14-12-24-42(49)43-25-13-15-27-50(43)57/h1-34,53,56H. The lowest BCUT2D eigenvalue weighted by Gasteiger charge is -2.27. The van der Waals surface area contributed by atoms with Crippen molar-refractivity contribution in [2.75, 3.05) is 0 Å². The summed E-state index contributed by atoms with van der Waals surface area (Å²) in [6, 6.07) is 71.0. The molecule has 2 aromatic heterocycles. The Balaban J connectivity index is 1.10. The molecule has 57 heavy (non-hydrogen) atoms. The fourth-order valence-corrected chi connectivity index (χ4v) is 8.53. The molecule has 11 rings (SSSR count). The highest BCUT2D eigenvalue weighted by molar-refractivity contribution is 6.16. The minimum atomic E-state index is -0.411. The van der Waals surface area contributed by atoms with E-state index in [1.165, 1.54) is 27.2 Å². The van der Waals surface area contributed by atoms with Gasteiger partial charge in [-0.25, -0.2) is 4.98 Å². The molecular formula is C53H36N4. The second kappa shape index (κ2) is 13.6. The summed E-state index contributed by atoms with van der Waals surface area (Å²) in [6.07, 6.45) is 1.77. The number of benzene rings is 8. The van der Waals surface area contributed by atoms with Gasteiger partial charge in [0.25, 0.3) is 0 Å². The van der Waals surface area contributed by atoms with E-state index >= 15 is 0 Å². The molecule has 1 atom stereocenters. The minimum absolute atomic E-state index is 0.411. The van der Waals surface area contributed by atoms with Crippen LogP contribution in [-0.2, 0) is 0 Å². The molecule has 10 aromatic rings. The molecule has 8 aromatic carbocycles. The Hall–Kier alpha value is -7.56. The largest absolute Gasteiger partial charge is 0.359 e. The molecule has 0 fully saturated rings. The zero-order valence-electron chi connectivity index (χ0n) is 31.0. The van der Waals surface area contributed by atoms with Gasteiger partial charge in [0.15, 0.2) is 0 Å². The van der Waals surface area contributed by atoms with Crippen LogP contribution in [0.15, 0.2) is 211 Å². The maximum absolute atomic E-state index is 5.51. The van der Waals surface area contributed by atoms with E-state index in [0.717, 1.165) is 72.5 Å². The van der Waals surface area contributed by atoms with Gasteiger partial charge in [-0.3, -0.25) is 4.99 Å². The Morgan fingerprint density at radius 3 is 1.70 bits per heavy atom. The first-order chi connectivity index (χ1) is 28.3. The molecule has 0 saturated carbocycles. The molecule has 1 aliphatic heterocycles. The number of pyridine rings is 1. The van der Waals surface area contributed by atoms with E-state index in [9.17, 15) is 0 Å². The van der Waals surface area contributed by atoms with Gasteiger partial charge >= 0.3 is 0 Å².